The van der Waals surface area contributed by atoms with E-state index in [-0.39, 0.29) is 5.92 Å². The summed E-state index contributed by atoms with van der Waals surface area (Å²) in [6.07, 6.45) is 5.15. The summed E-state index contributed by atoms with van der Waals surface area (Å²) in [4.78, 5) is 15.8. The summed E-state index contributed by atoms with van der Waals surface area (Å²) in [5.74, 6) is -0.157. The fourth-order valence-corrected chi connectivity index (χ4v) is 2.87. The summed E-state index contributed by atoms with van der Waals surface area (Å²) in [6.45, 7) is 3.87. The molecule has 2 aromatic rings. The molecule has 2 heterocycles. The zero-order chi connectivity index (χ0) is 14.3. The highest BCUT2D eigenvalue weighted by molar-refractivity contribution is 5.71. The first kappa shape index (κ1) is 12.8. The summed E-state index contributed by atoms with van der Waals surface area (Å²) < 4.78 is 1.87. The Balaban J connectivity index is 2.14. The van der Waals surface area contributed by atoms with E-state index in [0.29, 0.717) is 24.4 Å². The average Bonchev–Trinajstić information content (AvgIpc) is 2.82. The largest absolute Gasteiger partial charge is 0.481 e. The zero-order valence-corrected chi connectivity index (χ0v) is 11.4. The molecular weight excluding hydrogens is 256 g/mol. The Morgan fingerprint density at radius 3 is 2.80 bits per heavy atom. The highest BCUT2D eigenvalue weighted by atomic mass is 16.4. The van der Waals surface area contributed by atoms with Gasteiger partial charge in [-0.15, -0.1) is 10.2 Å². The van der Waals surface area contributed by atoms with E-state index < -0.39 is 11.9 Å². The quantitative estimate of drug-likeness (QED) is 0.844. The van der Waals surface area contributed by atoms with Crippen LogP contribution in [0.15, 0.2) is 18.2 Å². The smallest absolute Gasteiger partial charge is 0.307 e. The number of rotatable bonds is 2. The number of hydrogen-bond donors (Lipinski definition) is 1. The van der Waals surface area contributed by atoms with Gasteiger partial charge >= 0.3 is 5.97 Å². The van der Waals surface area contributed by atoms with E-state index in [1.165, 1.54) is 0 Å². The predicted octanol–water partition coefficient (Wildman–Crippen LogP) is 1.88. The van der Waals surface area contributed by atoms with E-state index in [9.17, 15) is 9.90 Å². The number of hydrogen-bond acceptors (Lipinski definition) is 4. The molecule has 0 spiro atoms. The van der Waals surface area contributed by atoms with Crippen molar-refractivity contribution in [3.63, 3.8) is 0 Å². The van der Waals surface area contributed by atoms with Crippen LogP contribution < -0.4 is 0 Å². The van der Waals surface area contributed by atoms with Gasteiger partial charge in [0.15, 0.2) is 0 Å². The van der Waals surface area contributed by atoms with Crippen molar-refractivity contribution >= 4 is 11.7 Å². The topological polar surface area (TPSA) is 80.4 Å². The van der Waals surface area contributed by atoms with Crippen LogP contribution in [0.2, 0.25) is 0 Å². The Bertz CT molecular complexity index is 705. The minimum absolute atomic E-state index is 0.157. The first-order valence-electron chi connectivity index (χ1n) is 6.65. The first-order chi connectivity index (χ1) is 9.58. The van der Waals surface area contributed by atoms with Gasteiger partial charge in [-0.3, -0.25) is 9.20 Å². The van der Waals surface area contributed by atoms with Gasteiger partial charge in [-0.1, -0.05) is 12.2 Å². The summed E-state index contributed by atoms with van der Waals surface area (Å²) in [5.41, 5.74) is 1.86. The maximum atomic E-state index is 11.4. The highest BCUT2D eigenvalue weighted by Gasteiger charge is 2.33. The van der Waals surface area contributed by atoms with Crippen molar-refractivity contribution in [2.45, 2.75) is 32.6 Å². The number of allylic oxidation sites excluding steroid dienone is 2. The molecule has 0 saturated heterocycles. The molecule has 0 fully saturated rings. The van der Waals surface area contributed by atoms with Crippen molar-refractivity contribution in [2.75, 3.05) is 0 Å². The van der Waals surface area contributed by atoms with Crippen LogP contribution in [0, 0.1) is 19.8 Å². The molecule has 0 bridgehead atoms. The molecule has 0 radical (unpaired) electrons. The summed E-state index contributed by atoms with van der Waals surface area (Å²) >= 11 is 0. The molecule has 2 unspecified atom stereocenters. The third-order valence-corrected chi connectivity index (χ3v) is 3.80. The van der Waals surface area contributed by atoms with Crippen LogP contribution in [0.3, 0.4) is 0 Å². The maximum Gasteiger partial charge on any atom is 0.307 e. The molecule has 6 heteroatoms. The number of carboxylic acid groups (broad SMARTS) is 1. The van der Waals surface area contributed by atoms with Gasteiger partial charge in [0.1, 0.15) is 5.82 Å². The number of aryl methyl sites for hydroxylation is 2. The lowest BCUT2D eigenvalue weighted by Gasteiger charge is -2.23. The van der Waals surface area contributed by atoms with Crippen LogP contribution in [-0.2, 0) is 4.79 Å². The molecule has 6 nitrogen and oxygen atoms in total. The molecular formula is C14H16N4O2. The lowest BCUT2D eigenvalue weighted by Crippen LogP contribution is -2.25. The average molecular weight is 272 g/mol. The number of nitrogens with zero attached hydrogens (tertiary/aromatic N) is 4. The van der Waals surface area contributed by atoms with E-state index in [0.717, 1.165) is 11.4 Å². The van der Waals surface area contributed by atoms with Gasteiger partial charge in [0.2, 0.25) is 0 Å². The normalized spacial score (nSPS) is 22.3. The van der Waals surface area contributed by atoms with Gasteiger partial charge in [0.05, 0.1) is 5.92 Å². The van der Waals surface area contributed by atoms with Gasteiger partial charge in [0.25, 0.3) is 5.78 Å². The minimum atomic E-state index is -0.783. The SMILES string of the molecule is Cc1cc(C)n2c(C3CC=CCC3C(=O)O)nnc2n1. The van der Waals surface area contributed by atoms with Gasteiger partial charge in [-0.2, -0.15) is 0 Å². The summed E-state index contributed by atoms with van der Waals surface area (Å²) in [6, 6.07) is 1.95. The van der Waals surface area contributed by atoms with E-state index in [2.05, 4.69) is 15.2 Å². The van der Waals surface area contributed by atoms with Crippen LogP contribution in [0.5, 0.6) is 0 Å². The van der Waals surface area contributed by atoms with Gasteiger partial charge < -0.3 is 5.11 Å². The highest BCUT2D eigenvalue weighted by Crippen LogP contribution is 2.34. The Hall–Kier alpha value is -2.24. The Morgan fingerprint density at radius 2 is 2.05 bits per heavy atom. The molecule has 0 saturated carbocycles. The Labute approximate surface area is 116 Å². The standard InChI is InChI=1S/C14H16N4O2/c1-8-7-9(2)18-12(16-17-14(18)15-8)10-5-3-4-6-11(10)13(19)20/h3-4,7,10-11H,5-6H2,1-2H3,(H,19,20). The van der Waals surface area contributed by atoms with Crippen LogP contribution in [0.25, 0.3) is 5.78 Å². The zero-order valence-electron chi connectivity index (χ0n) is 11.4. The van der Waals surface area contributed by atoms with Crippen LogP contribution in [0.4, 0.5) is 0 Å². The lowest BCUT2D eigenvalue weighted by atomic mass is 9.82. The van der Waals surface area contributed by atoms with E-state index in [1.54, 1.807) is 0 Å². The molecule has 0 aromatic carbocycles. The second-order valence-electron chi connectivity index (χ2n) is 5.23. The molecule has 2 aromatic heterocycles. The van der Waals surface area contributed by atoms with Crippen molar-refractivity contribution < 1.29 is 9.90 Å². The van der Waals surface area contributed by atoms with Crippen LogP contribution >= 0.6 is 0 Å². The number of carbonyl (C=O) groups is 1. The molecule has 3 rings (SSSR count). The summed E-state index contributed by atoms with van der Waals surface area (Å²) in [5, 5.41) is 17.7. The number of fused-ring (bicyclic) bond motifs is 1. The van der Waals surface area contributed by atoms with Crippen molar-refractivity contribution in [1.29, 1.82) is 0 Å². The number of aromatic nitrogens is 4. The van der Waals surface area contributed by atoms with Gasteiger partial charge in [-0.05, 0) is 32.8 Å². The van der Waals surface area contributed by atoms with Crippen LogP contribution in [-0.4, -0.2) is 30.7 Å². The van der Waals surface area contributed by atoms with Crippen molar-refractivity contribution in [2.24, 2.45) is 5.92 Å². The lowest BCUT2D eigenvalue weighted by molar-refractivity contribution is -0.142. The monoisotopic (exact) mass is 272 g/mol. The van der Waals surface area contributed by atoms with E-state index in [4.69, 9.17) is 0 Å². The van der Waals surface area contributed by atoms with Crippen molar-refractivity contribution in [1.82, 2.24) is 19.6 Å². The molecule has 1 N–H and O–H groups in total. The fourth-order valence-electron chi connectivity index (χ4n) is 2.87. The van der Waals surface area contributed by atoms with Crippen molar-refractivity contribution in [3.8, 4) is 0 Å². The Kier molecular flexibility index (Phi) is 3.00. The molecule has 2 atom stereocenters. The third-order valence-electron chi connectivity index (χ3n) is 3.80. The molecule has 1 aliphatic rings. The van der Waals surface area contributed by atoms with Crippen molar-refractivity contribution in [3.05, 3.63) is 35.4 Å². The molecule has 20 heavy (non-hydrogen) atoms. The maximum absolute atomic E-state index is 11.4. The molecule has 1 aliphatic carbocycles. The van der Waals surface area contributed by atoms with Crippen LogP contribution in [0.1, 0.15) is 36.0 Å². The van der Waals surface area contributed by atoms with E-state index >= 15 is 0 Å². The van der Waals surface area contributed by atoms with E-state index in [1.807, 2.05) is 36.5 Å². The van der Waals surface area contributed by atoms with Gasteiger partial charge in [-0.25, -0.2) is 4.98 Å². The fraction of sp³-hybridized carbons (Fsp3) is 0.429. The molecule has 0 aliphatic heterocycles. The minimum Gasteiger partial charge on any atom is -0.481 e. The summed E-state index contributed by atoms with van der Waals surface area (Å²) in [7, 11) is 0. The molecule has 0 amide bonds. The second kappa shape index (κ2) is 4.70. The Morgan fingerprint density at radius 1 is 1.30 bits per heavy atom. The third kappa shape index (κ3) is 1.97. The second-order valence-corrected chi connectivity index (χ2v) is 5.23. The number of aliphatic carboxylic acids is 1. The van der Waals surface area contributed by atoms with Gasteiger partial charge in [0, 0.05) is 17.3 Å². The number of carboxylic acids is 1. The first-order valence-corrected chi connectivity index (χ1v) is 6.65. The molecule has 104 valence electrons. The predicted molar refractivity (Wildman–Crippen MR) is 72.5 cm³/mol.